The van der Waals surface area contributed by atoms with Crippen molar-refractivity contribution in [1.29, 1.82) is 0 Å². The molecule has 1 saturated heterocycles. The van der Waals surface area contributed by atoms with Crippen molar-refractivity contribution in [3.05, 3.63) is 41.5 Å². The minimum absolute atomic E-state index is 0.0279. The zero-order valence-electron chi connectivity index (χ0n) is 15.0. The first-order valence-electron chi connectivity index (χ1n) is 8.38. The van der Waals surface area contributed by atoms with Crippen molar-refractivity contribution in [2.45, 2.75) is 32.4 Å². The number of anilines is 1. The molecule has 0 bridgehead atoms. The van der Waals surface area contributed by atoms with Crippen molar-refractivity contribution in [3.63, 3.8) is 0 Å². The summed E-state index contributed by atoms with van der Waals surface area (Å²) in [6, 6.07) is 7.59. The normalized spacial score (nSPS) is 20.3. The molecule has 0 saturated carbocycles. The summed E-state index contributed by atoms with van der Waals surface area (Å²) in [5.41, 5.74) is 2.88. The van der Waals surface area contributed by atoms with Crippen LogP contribution in [0.2, 0.25) is 0 Å². The molecular weight excluding hydrogens is 304 g/mol. The Hall–Kier alpha value is -1.85. The van der Waals surface area contributed by atoms with Gasteiger partial charge in [-0.2, -0.15) is 0 Å². The molecule has 5 heteroatoms. The third-order valence-electron chi connectivity index (χ3n) is 4.05. The SMILES string of the molecule is CC(C)=CCO[C@H]1COCC[C@@H]1NC(=O)c1cccc(N(C)C)c1. The number of nitrogens with one attached hydrogen (secondary N) is 1. The first-order valence-corrected chi connectivity index (χ1v) is 8.38. The summed E-state index contributed by atoms with van der Waals surface area (Å²) in [4.78, 5) is 14.6. The van der Waals surface area contributed by atoms with E-state index in [9.17, 15) is 4.79 Å². The summed E-state index contributed by atoms with van der Waals surface area (Å²) in [7, 11) is 3.92. The van der Waals surface area contributed by atoms with E-state index in [0.29, 0.717) is 25.4 Å². The van der Waals surface area contributed by atoms with Crippen molar-refractivity contribution >= 4 is 11.6 Å². The lowest BCUT2D eigenvalue weighted by atomic mass is 10.0. The Bertz CT molecular complexity index is 580. The molecule has 1 heterocycles. The van der Waals surface area contributed by atoms with E-state index in [1.165, 1.54) is 5.57 Å². The second-order valence-corrected chi connectivity index (χ2v) is 6.54. The zero-order valence-corrected chi connectivity index (χ0v) is 15.0. The Kier molecular flexibility index (Phi) is 6.82. The molecule has 1 aliphatic rings. The molecule has 5 nitrogen and oxygen atoms in total. The molecule has 24 heavy (non-hydrogen) atoms. The number of rotatable bonds is 6. The summed E-state index contributed by atoms with van der Waals surface area (Å²) < 4.78 is 11.4. The molecule has 1 aliphatic heterocycles. The van der Waals surface area contributed by atoms with Crippen LogP contribution in [-0.4, -0.2) is 52.0 Å². The maximum Gasteiger partial charge on any atom is 0.251 e. The van der Waals surface area contributed by atoms with Crippen LogP contribution in [0.25, 0.3) is 0 Å². The highest BCUT2D eigenvalue weighted by atomic mass is 16.5. The van der Waals surface area contributed by atoms with Gasteiger partial charge in [0.2, 0.25) is 0 Å². The van der Waals surface area contributed by atoms with Crippen LogP contribution in [0.1, 0.15) is 30.6 Å². The molecule has 2 rings (SSSR count). The van der Waals surface area contributed by atoms with E-state index in [4.69, 9.17) is 9.47 Å². The number of hydrogen-bond acceptors (Lipinski definition) is 4. The van der Waals surface area contributed by atoms with E-state index < -0.39 is 0 Å². The lowest BCUT2D eigenvalue weighted by Crippen LogP contribution is -2.50. The summed E-state index contributed by atoms with van der Waals surface area (Å²) in [6.45, 7) is 5.78. The van der Waals surface area contributed by atoms with E-state index in [1.54, 1.807) is 0 Å². The number of allylic oxidation sites excluding steroid dienone is 1. The van der Waals surface area contributed by atoms with Gasteiger partial charge in [0.05, 0.1) is 19.3 Å². The molecule has 1 amide bonds. The van der Waals surface area contributed by atoms with E-state index in [0.717, 1.165) is 12.1 Å². The van der Waals surface area contributed by atoms with Gasteiger partial charge in [-0.25, -0.2) is 0 Å². The monoisotopic (exact) mass is 332 g/mol. The van der Waals surface area contributed by atoms with Gasteiger partial charge >= 0.3 is 0 Å². The zero-order chi connectivity index (χ0) is 17.5. The molecule has 2 atom stereocenters. The Morgan fingerprint density at radius 3 is 2.92 bits per heavy atom. The maximum absolute atomic E-state index is 12.6. The van der Waals surface area contributed by atoms with Crippen molar-refractivity contribution < 1.29 is 14.3 Å². The average molecular weight is 332 g/mol. The maximum atomic E-state index is 12.6. The van der Waals surface area contributed by atoms with Gasteiger partial charge in [-0.05, 0) is 38.5 Å². The predicted molar refractivity (Wildman–Crippen MR) is 96.6 cm³/mol. The van der Waals surface area contributed by atoms with Gasteiger partial charge in [0, 0.05) is 32.0 Å². The van der Waals surface area contributed by atoms with Crippen LogP contribution >= 0.6 is 0 Å². The van der Waals surface area contributed by atoms with Crippen LogP contribution in [-0.2, 0) is 9.47 Å². The molecular formula is C19H28N2O3. The summed E-state index contributed by atoms with van der Waals surface area (Å²) in [5.74, 6) is -0.0681. The summed E-state index contributed by atoms with van der Waals surface area (Å²) in [5, 5.41) is 3.11. The Morgan fingerprint density at radius 2 is 2.21 bits per heavy atom. The first kappa shape index (κ1) is 18.5. The minimum Gasteiger partial charge on any atom is -0.379 e. The van der Waals surface area contributed by atoms with E-state index in [-0.39, 0.29) is 18.1 Å². The Balaban J connectivity index is 1.99. The third kappa shape index (κ3) is 5.35. The van der Waals surface area contributed by atoms with Crippen LogP contribution < -0.4 is 10.2 Å². The predicted octanol–water partition coefficient (Wildman–Crippen LogP) is 2.62. The highest BCUT2D eigenvalue weighted by Gasteiger charge is 2.28. The van der Waals surface area contributed by atoms with Crippen LogP contribution in [0.15, 0.2) is 35.9 Å². The first-order chi connectivity index (χ1) is 11.5. The molecule has 0 spiro atoms. The average Bonchev–Trinajstić information content (AvgIpc) is 2.56. The number of ether oxygens (including phenoxy) is 2. The molecule has 1 N–H and O–H groups in total. The fraction of sp³-hybridized carbons (Fsp3) is 0.526. The van der Waals surface area contributed by atoms with E-state index in [1.807, 2.05) is 63.2 Å². The fourth-order valence-electron chi connectivity index (χ4n) is 2.56. The van der Waals surface area contributed by atoms with Crippen LogP contribution in [0.4, 0.5) is 5.69 Å². The van der Waals surface area contributed by atoms with Gasteiger partial charge in [-0.15, -0.1) is 0 Å². The van der Waals surface area contributed by atoms with Gasteiger partial charge < -0.3 is 19.7 Å². The van der Waals surface area contributed by atoms with Gasteiger partial charge in [0.15, 0.2) is 0 Å². The Morgan fingerprint density at radius 1 is 1.42 bits per heavy atom. The largest absolute Gasteiger partial charge is 0.379 e. The van der Waals surface area contributed by atoms with Gasteiger partial charge in [-0.1, -0.05) is 17.7 Å². The topological polar surface area (TPSA) is 50.8 Å². The number of benzene rings is 1. The van der Waals surface area contributed by atoms with Crippen LogP contribution in [0.3, 0.4) is 0 Å². The van der Waals surface area contributed by atoms with Gasteiger partial charge in [0.25, 0.3) is 5.91 Å². The highest BCUT2D eigenvalue weighted by molar-refractivity contribution is 5.95. The number of nitrogens with zero attached hydrogens (tertiary/aromatic N) is 1. The number of hydrogen-bond donors (Lipinski definition) is 1. The molecule has 0 aliphatic carbocycles. The third-order valence-corrected chi connectivity index (χ3v) is 4.05. The molecule has 1 aromatic carbocycles. The van der Waals surface area contributed by atoms with Crippen molar-refractivity contribution in [1.82, 2.24) is 5.32 Å². The van der Waals surface area contributed by atoms with Gasteiger partial charge in [-0.3, -0.25) is 4.79 Å². The molecule has 1 fully saturated rings. The number of carbonyl (C=O) groups excluding carboxylic acids is 1. The van der Waals surface area contributed by atoms with Crippen LogP contribution in [0.5, 0.6) is 0 Å². The summed E-state index contributed by atoms with van der Waals surface area (Å²) in [6.07, 6.45) is 2.68. The standard InChI is InChI=1S/C19H28N2O3/c1-14(2)8-11-24-18-13-23-10-9-17(18)20-19(22)15-6-5-7-16(12-15)21(3)4/h5-8,12,17-18H,9-11,13H2,1-4H3,(H,20,22)/t17-,18-/m0/s1. The Labute approximate surface area is 144 Å². The minimum atomic E-state index is -0.115. The quantitative estimate of drug-likeness (QED) is 0.814. The smallest absolute Gasteiger partial charge is 0.251 e. The molecule has 1 aromatic rings. The lowest BCUT2D eigenvalue weighted by Gasteiger charge is -2.32. The van der Waals surface area contributed by atoms with Crippen molar-refractivity contribution in [3.8, 4) is 0 Å². The van der Waals surface area contributed by atoms with Crippen molar-refractivity contribution in [2.24, 2.45) is 0 Å². The van der Waals surface area contributed by atoms with Gasteiger partial charge in [0.1, 0.15) is 6.10 Å². The number of amides is 1. The second kappa shape index (κ2) is 8.85. The molecule has 132 valence electrons. The summed E-state index contributed by atoms with van der Waals surface area (Å²) >= 11 is 0. The highest BCUT2D eigenvalue weighted by Crippen LogP contribution is 2.16. The number of carbonyl (C=O) groups is 1. The van der Waals surface area contributed by atoms with E-state index >= 15 is 0 Å². The van der Waals surface area contributed by atoms with Crippen molar-refractivity contribution in [2.75, 3.05) is 38.8 Å². The lowest BCUT2D eigenvalue weighted by molar-refractivity contribution is -0.0589. The van der Waals surface area contributed by atoms with Crippen LogP contribution in [0, 0.1) is 0 Å². The molecule has 0 aromatic heterocycles. The molecule has 0 unspecified atom stereocenters. The second-order valence-electron chi connectivity index (χ2n) is 6.54. The molecule has 0 radical (unpaired) electrons. The fourth-order valence-corrected chi connectivity index (χ4v) is 2.56. The van der Waals surface area contributed by atoms with E-state index in [2.05, 4.69) is 5.32 Å².